The minimum absolute atomic E-state index is 0. The largest absolute Gasteiger partial charge is 0.350 e. The zero-order chi connectivity index (χ0) is 12.0. The SMILES string of the molecule is CC(C)(CN)NC(=O)CC1CCCCCC1.Cl. The summed E-state index contributed by atoms with van der Waals surface area (Å²) in [6.07, 6.45) is 8.38. The van der Waals surface area contributed by atoms with Crippen LogP contribution in [0.2, 0.25) is 0 Å². The number of hydrogen-bond acceptors (Lipinski definition) is 2. The van der Waals surface area contributed by atoms with Crippen LogP contribution in [-0.4, -0.2) is 18.0 Å². The third-order valence-electron chi connectivity index (χ3n) is 3.44. The number of carbonyl (C=O) groups is 1. The van der Waals surface area contributed by atoms with Crippen LogP contribution in [0.25, 0.3) is 0 Å². The molecule has 0 aromatic rings. The van der Waals surface area contributed by atoms with Crippen LogP contribution in [0.4, 0.5) is 0 Å². The lowest BCUT2D eigenvalue weighted by molar-refractivity contribution is -0.123. The summed E-state index contributed by atoms with van der Waals surface area (Å²) in [6.45, 7) is 4.43. The quantitative estimate of drug-likeness (QED) is 0.766. The summed E-state index contributed by atoms with van der Waals surface area (Å²) >= 11 is 0. The summed E-state index contributed by atoms with van der Waals surface area (Å²) in [5.41, 5.74) is 5.34. The van der Waals surface area contributed by atoms with Gasteiger partial charge in [-0.2, -0.15) is 0 Å². The van der Waals surface area contributed by atoms with Gasteiger partial charge in [0.25, 0.3) is 0 Å². The number of nitrogens with two attached hydrogens (primary N) is 1. The first-order chi connectivity index (χ1) is 7.53. The average Bonchev–Trinajstić information content (AvgIpc) is 2.45. The first-order valence-electron chi connectivity index (χ1n) is 6.54. The molecule has 0 spiro atoms. The molecule has 1 fully saturated rings. The molecule has 1 rings (SSSR count). The zero-order valence-electron chi connectivity index (χ0n) is 11.1. The van der Waals surface area contributed by atoms with E-state index in [1.54, 1.807) is 0 Å². The van der Waals surface area contributed by atoms with Crippen molar-refractivity contribution in [1.29, 1.82) is 0 Å². The second-order valence-electron chi connectivity index (χ2n) is 5.70. The van der Waals surface area contributed by atoms with E-state index in [1.165, 1.54) is 38.5 Å². The molecule has 3 nitrogen and oxygen atoms in total. The lowest BCUT2D eigenvalue weighted by Crippen LogP contribution is -2.49. The minimum atomic E-state index is -0.262. The van der Waals surface area contributed by atoms with Gasteiger partial charge in [-0.15, -0.1) is 12.4 Å². The van der Waals surface area contributed by atoms with Crippen LogP contribution in [0.5, 0.6) is 0 Å². The summed E-state index contributed by atoms with van der Waals surface area (Å²) in [4.78, 5) is 11.8. The maximum atomic E-state index is 11.8. The molecule has 1 aliphatic rings. The monoisotopic (exact) mass is 262 g/mol. The highest BCUT2D eigenvalue weighted by Crippen LogP contribution is 2.25. The van der Waals surface area contributed by atoms with Crippen LogP contribution in [0.15, 0.2) is 0 Å². The standard InChI is InChI=1S/C13H26N2O.ClH/c1-13(2,10-14)15-12(16)9-11-7-5-3-4-6-8-11;/h11H,3-10,14H2,1-2H3,(H,15,16);1H. The summed E-state index contributed by atoms with van der Waals surface area (Å²) in [5, 5.41) is 3.01. The molecule has 0 aliphatic heterocycles. The van der Waals surface area contributed by atoms with Crippen molar-refractivity contribution in [2.75, 3.05) is 6.54 Å². The van der Waals surface area contributed by atoms with Crippen LogP contribution in [0, 0.1) is 5.92 Å². The molecule has 0 saturated heterocycles. The smallest absolute Gasteiger partial charge is 0.220 e. The molecule has 0 atom stereocenters. The van der Waals surface area contributed by atoms with Crippen molar-refractivity contribution in [3.05, 3.63) is 0 Å². The van der Waals surface area contributed by atoms with E-state index in [0.717, 1.165) is 0 Å². The lowest BCUT2D eigenvalue weighted by atomic mass is 9.95. The molecule has 0 heterocycles. The van der Waals surface area contributed by atoms with Crippen molar-refractivity contribution in [2.45, 2.75) is 64.3 Å². The lowest BCUT2D eigenvalue weighted by Gasteiger charge is -2.25. The van der Waals surface area contributed by atoms with Gasteiger partial charge in [-0.05, 0) is 32.6 Å². The van der Waals surface area contributed by atoms with Crippen LogP contribution < -0.4 is 11.1 Å². The van der Waals surface area contributed by atoms with E-state index in [4.69, 9.17) is 5.73 Å². The maximum Gasteiger partial charge on any atom is 0.220 e. The molecular formula is C13H27ClN2O. The van der Waals surface area contributed by atoms with Gasteiger partial charge in [-0.3, -0.25) is 4.79 Å². The van der Waals surface area contributed by atoms with Gasteiger partial charge in [-0.1, -0.05) is 25.7 Å². The van der Waals surface area contributed by atoms with E-state index in [9.17, 15) is 4.79 Å². The maximum absolute atomic E-state index is 11.8. The second-order valence-corrected chi connectivity index (χ2v) is 5.70. The van der Waals surface area contributed by atoms with Crippen LogP contribution in [0.3, 0.4) is 0 Å². The Kier molecular flexibility index (Phi) is 7.80. The van der Waals surface area contributed by atoms with E-state index in [0.29, 0.717) is 18.9 Å². The number of carbonyl (C=O) groups excluding carboxylic acids is 1. The molecule has 1 amide bonds. The fraction of sp³-hybridized carbons (Fsp3) is 0.923. The number of halogens is 1. The Morgan fingerprint density at radius 3 is 2.24 bits per heavy atom. The molecule has 0 radical (unpaired) electrons. The van der Waals surface area contributed by atoms with Crippen molar-refractivity contribution in [3.8, 4) is 0 Å². The van der Waals surface area contributed by atoms with Crippen LogP contribution in [0.1, 0.15) is 58.8 Å². The van der Waals surface area contributed by atoms with Gasteiger partial charge >= 0.3 is 0 Å². The molecule has 102 valence electrons. The average molecular weight is 263 g/mol. The van der Waals surface area contributed by atoms with E-state index in [1.807, 2.05) is 13.8 Å². The Bertz CT molecular complexity index is 223. The number of nitrogens with one attached hydrogen (secondary N) is 1. The third kappa shape index (κ3) is 6.89. The minimum Gasteiger partial charge on any atom is -0.350 e. The van der Waals surface area contributed by atoms with Gasteiger partial charge in [0.1, 0.15) is 0 Å². The van der Waals surface area contributed by atoms with Crippen molar-refractivity contribution >= 4 is 18.3 Å². The first kappa shape index (κ1) is 16.7. The van der Waals surface area contributed by atoms with Gasteiger partial charge in [0.15, 0.2) is 0 Å². The summed E-state index contributed by atoms with van der Waals surface area (Å²) < 4.78 is 0. The Hall–Kier alpha value is -0.280. The van der Waals surface area contributed by atoms with Crippen molar-refractivity contribution < 1.29 is 4.79 Å². The second kappa shape index (κ2) is 7.93. The Balaban J connectivity index is 0.00000256. The van der Waals surface area contributed by atoms with Gasteiger partial charge < -0.3 is 11.1 Å². The molecule has 0 aromatic heterocycles. The van der Waals surface area contributed by atoms with Crippen LogP contribution >= 0.6 is 12.4 Å². The number of amides is 1. The highest BCUT2D eigenvalue weighted by atomic mass is 35.5. The third-order valence-corrected chi connectivity index (χ3v) is 3.44. The van der Waals surface area contributed by atoms with Gasteiger partial charge in [-0.25, -0.2) is 0 Å². The van der Waals surface area contributed by atoms with E-state index in [2.05, 4.69) is 5.32 Å². The molecular weight excluding hydrogens is 236 g/mol. The predicted octanol–water partition coefficient (Wildman–Crippen LogP) is 2.62. The molecule has 0 bridgehead atoms. The van der Waals surface area contributed by atoms with Gasteiger partial charge in [0.05, 0.1) is 0 Å². The Morgan fingerprint density at radius 2 is 1.76 bits per heavy atom. The summed E-state index contributed by atoms with van der Waals surface area (Å²) in [5.74, 6) is 0.762. The van der Waals surface area contributed by atoms with Crippen LogP contribution in [-0.2, 0) is 4.79 Å². The number of hydrogen-bond donors (Lipinski definition) is 2. The molecule has 0 unspecified atom stereocenters. The Morgan fingerprint density at radius 1 is 1.24 bits per heavy atom. The van der Waals surface area contributed by atoms with Gasteiger partial charge in [0, 0.05) is 18.5 Å². The zero-order valence-corrected chi connectivity index (χ0v) is 11.9. The fourth-order valence-corrected chi connectivity index (χ4v) is 2.31. The summed E-state index contributed by atoms with van der Waals surface area (Å²) in [6, 6.07) is 0. The molecule has 4 heteroatoms. The van der Waals surface area contributed by atoms with E-state index >= 15 is 0 Å². The number of rotatable bonds is 4. The molecule has 3 N–H and O–H groups in total. The highest BCUT2D eigenvalue weighted by Gasteiger charge is 2.21. The van der Waals surface area contributed by atoms with Gasteiger partial charge in [0.2, 0.25) is 5.91 Å². The summed E-state index contributed by atoms with van der Waals surface area (Å²) in [7, 11) is 0. The Labute approximate surface area is 111 Å². The normalized spacial score (nSPS) is 18.1. The van der Waals surface area contributed by atoms with E-state index in [-0.39, 0.29) is 23.9 Å². The van der Waals surface area contributed by atoms with Crippen molar-refractivity contribution in [3.63, 3.8) is 0 Å². The fourth-order valence-electron chi connectivity index (χ4n) is 2.31. The topological polar surface area (TPSA) is 55.1 Å². The van der Waals surface area contributed by atoms with E-state index < -0.39 is 0 Å². The molecule has 1 saturated carbocycles. The predicted molar refractivity (Wildman–Crippen MR) is 74.3 cm³/mol. The molecule has 17 heavy (non-hydrogen) atoms. The molecule has 0 aromatic carbocycles. The first-order valence-corrected chi connectivity index (χ1v) is 6.54. The van der Waals surface area contributed by atoms with Crippen molar-refractivity contribution in [2.24, 2.45) is 11.7 Å². The van der Waals surface area contributed by atoms with Crippen molar-refractivity contribution in [1.82, 2.24) is 5.32 Å². The molecule has 1 aliphatic carbocycles. The highest BCUT2D eigenvalue weighted by molar-refractivity contribution is 5.85.